The minimum Gasteiger partial charge on any atom is -0.457 e. The highest BCUT2D eigenvalue weighted by Gasteiger charge is 2.47. The van der Waals surface area contributed by atoms with Crippen LogP contribution in [0.2, 0.25) is 0 Å². The normalized spacial score (nSPS) is 27.9. The van der Waals surface area contributed by atoms with Crippen LogP contribution in [0.4, 0.5) is 0 Å². The molecule has 2 aliphatic rings. The summed E-state index contributed by atoms with van der Waals surface area (Å²) in [6.45, 7) is 3.44. The first-order valence-electron chi connectivity index (χ1n) is 23.2. The molecule has 0 aromatic rings. The second-order valence-electron chi connectivity index (χ2n) is 16.2. The van der Waals surface area contributed by atoms with E-state index in [1.807, 2.05) is 0 Å². The minimum atomic E-state index is -1.70. The second-order valence-corrected chi connectivity index (χ2v) is 16.2. The molecule has 0 saturated carbocycles. The Bertz CT molecular complexity index is 1190. The van der Waals surface area contributed by atoms with Crippen molar-refractivity contribution in [2.75, 3.05) is 33.0 Å². The third-order valence-corrected chi connectivity index (χ3v) is 10.9. The molecule has 14 heteroatoms. The largest absolute Gasteiger partial charge is 0.457 e. The predicted molar refractivity (Wildman–Crippen MR) is 233 cm³/mol. The number of rotatable bonds is 35. The number of aliphatic hydroxyl groups is 7. The molecule has 2 fully saturated rings. The highest BCUT2D eigenvalue weighted by molar-refractivity contribution is 5.69. The Hall–Kier alpha value is -2.05. The maximum Gasteiger partial charge on any atom is 0.306 e. The SMILES string of the molecule is CC/C=C\C/C=C\C/C=C\C/C=C\CCCCCCCCCCCOCC(COC1OC(COC2OC(CO)C(O)C(O)C2O)C(O)C(O)C1O)OC(=O)CCCCCCC. The lowest BCUT2D eigenvalue weighted by Gasteiger charge is -2.42. The summed E-state index contributed by atoms with van der Waals surface area (Å²) in [6.07, 6.45) is 22.4. The van der Waals surface area contributed by atoms with Gasteiger partial charge in [0, 0.05) is 13.0 Å². The number of carbonyl (C=O) groups is 1. The van der Waals surface area contributed by atoms with Gasteiger partial charge in [0.05, 0.1) is 26.4 Å². The van der Waals surface area contributed by atoms with E-state index in [9.17, 15) is 40.5 Å². The van der Waals surface area contributed by atoms with Crippen LogP contribution in [-0.4, -0.2) is 142 Å². The third-order valence-electron chi connectivity index (χ3n) is 10.9. The molecule has 61 heavy (non-hydrogen) atoms. The van der Waals surface area contributed by atoms with Gasteiger partial charge in [0.15, 0.2) is 12.6 Å². The summed E-state index contributed by atoms with van der Waals surface area (Å²) in [5.41, 5.74) is 0. The fraction of sp³-hybridized carbons (Fsp3) is 0.809. The Morgan fingerprint density at radius 2 is 1.07 bits per heavy atom. The van der Waals surface area contributed by atoms with Crippen molar-refractivity contribution in [2.24, 2.45) is 0 Å². The highest BCUT2D eigenvalue weighted by atomic mass is 16.7. The summed E-state index contributed by atoms with van der Waals surface area (Å²) in [4.78, 5) is 12.7. The van der Waals surface area contributed by atoms with Crippen molar-refractivity contribution in [3.8, 4) is 0 Å². The minimum absolute atomic E-state index is 0.0557. The molecule has 2 heterocycles. The molecule has 354 valence electrons. The number of hydrogen-bond donors (Lipinski definition) is 7. The van der Waals surface area contributed by atoms with E-state index in [0.29, 0.717) is 13.0 Å². The van der Waals surface area contributed by atoms with E-state index in [4.69, 9.17) is 28.4 Å². The molecule has 0 aliphatic carbocycles. The fourth-order valence-electron chi connectivity index (χ4n) is 7.04. The molecule has 0 amide bonds. The van der Waals surface area contributed by atoms with E-state index < -0.39 is 86.7 Å². The highest BCUT2D eigenvalue weighted by Crippen LogP contribution is 2.26. The number of esters is 1. The van der Waals surface area contributed by atoms with Crippen molar-refractivity contribution >= 4 is 5.97 Å². The van der Waals surface area contributed by atoms with Crippen LogP contribution in [-0.2, 0) is 33.2 Å². The number of allylic oxidation sites excluding steroid dienone is 8. The summed E-state index contributed by atoms with van der Waals surface area (Å²) >= 11 is 0. The maximum atomic E-state index is 12.7. The summed E-state index contributed by atoms with van der Waals surface area (Å²) in [7, 11) is 0. The van der Waals surface area contributed by atoms with Gasteiger partial charge >= 0.3 is 5.97 Å². The van der Waals surface area contributed by atoms with Gasteiger partial charge in [-0.05, 0) is 51.4 Å². The first-order chi connectivity index (χ1) is 29.6. The zero-order valence-corrected chi connectivity index (χ0v) is 37.1. The van der Waals surface area contributed by atoms with Gasteiger partial charge in [-0.3, -0.25) is 4.79 Å². The van der Waals surface area contributed by atoms with Crippen molar-refractivity contribution in [3.05, 3.63) is 48.6 Å². The monoisotopic (exact) mass is 871 g/mol. The van der Waals surface area contributed by atoms with Crippen molar-refractivity contribution < 1.29 is 69.0 Å². The summed E-state index contributed by atoms with van der Waals surface area (Å²) in [5, 5.41) is 71.7. The predicted octanol–water partition coefficient (Wildman–Crippen LogP) is 5.62. The first-order valence-corrected chi connectivity index (χ1v) is 23.2. The van der Waals surface area contributed by atoms with Crippen LogP contribution in [0.15, 0.2) is 48.6 Å². The Balaban J connectivity index is 1.68. The molecule has 11 unspecified atom stereocenters. The lowest BCUT2D eigenvalue weighted by atomic mass is 9.98. The second kappa shape index (κ2) is 35.3. The van der Waals surface area contributed by atoms with E-state index in [2.05, 4.69) is 62.5 Å². The average Bonchev–Trinajstić information content (AvgIpc) is 3.25. The summed E-state index contributed by atoms with van der Waals surface area (Å²) in [6, 6.07) is 0. The van der Waals surface area contributed by atoms with Crippen molar-refractivity contribution in [1.29, 1.82) is 0 Å². The molecule has 2 aliphatic heterocycles. The number of carbonyl (C=O) groups excluding carboxylic acids is 1. The van der Waals surface area contributed by atoms with Crippen LogP contribution >= 0.6 is 0 Å². The standard InChI is InChI=1S/C47H82O14/c1-3-5-7-9-10-11-12-13-14-15-16-17-18-19-20-21-22-23-24-25-27-29-31-56-33-36(59-39(49)30-28-26-8-6-4-2)34-57-46-45(55)43(53)41(51)38(61-46)35-58-47-44(54)42(52)40(50)37(32-48)60-47/h5,7,10-11,13-14,16-17,36-38,40-48,50-55H,3-4,6,8-9,12,15,18-35H2,1-2H3/b7-5-,11-10-,14-13-,17-16-. The van der Waals surface area contributed by atoms with Gasteiger partial charge in [-0.2, -0.15) is 0 Å². The third kappa shape index (κ3) is 24.0. The summed E-state index contributed by atoms with van der Waals surface area (Å²) in [5.74, 6) is -0.394. The number of unbranched alkanes of at least 4 members (excludes halogenated alkanes) is 13. The van der Waals surface area contributed by atoms with E-state index in [1.54, 1.807) is 0 Å². The molecule has 11 atom stereocenters. The number of ether oxygens (including phenoxy) is 6. The van der Waals surface area contributed by atoms with Gasteiger partial charge in [0.25, 0.3) is 0 Å². The van der Waals surface area contributed by atoms with Crippen LogP contribution in [0.25, 0.3) is 0 Å². The average molecular weight is 871 g/mol. The molecular weight excluding hydrogens is 789 g/mol. The molecular formula is C47H82O14. The van der Waals surface area contributed by atoms with Gasteiger partial charge in [0.1, 0.15) is 54.9 Å². The van der Waals surface area contributed by atoms with E-state index in [0.717, 1.165) is 77.0 Å². The van der Waals surface area contributed by atoms with E-state index in [-0.39, 0.29) is 19.6 Å². The van der Waals surface area contributed by atoms with E-state index in [1.165, 1.54) is 38.5 Å². The van der Waals surface area contributed by atoms with Crippen LogP contribution in [0.5, 0.6) is 0 Å². The quantitative estimate of drug-likeness (QED) is 0.0234. The van der Waals surface area contributed by atoms with Crippen molar-refractivity contribution in [1.82, 2.24) is 0 Å². The van der Waals surface area contributed by atoms with Gasteiger partial charge < -0.3 is 64.2 Å². The molecule has 0 aromatic carbocycles. The lowest BCUT2D eigenvalue weighted by Crippen LogP contribution is -2.61. The van der Waals surface area contributed by atoms with E-state index >= 15 is 0 Å². The first kappa shape index (κ1) is 55.1. The molecule has 0 aromatic heterocycles. The molecule has 0 spiro atoms. The number of aliphatic hydroxyl groups excluding tert-OH is 7. The molecule has 0 radical (unpaired) electrons. The lowest BCUT2D eigenvalue weighted by molar-refractivity contribution is -0.332. The smallest absolute Gasteiger partial charge is 0.306 e. The van der Waals surface area contributed by atoms with Crippen molar-refractivity contribution in [2.45, 2.75) is 210 Å². The van der Waals surface area contributed by atoms with Crippen LogP contribution in [0.1, 0.15) is 142 Å². The molecule has 7 N–H and O–H groups in total. The maximum absolute atomic E-state index is 12.7. The van der Waals surface area contributed by atoms with Gasteiger partial charge in [-0.15, -0.1) is 0 Å². The van der Waals surface area contributed by atoms with Crippen LogP contribution in [0.3, 0.4) is 0 Å². The zero-order valence-electron chi connectivity index (χ0n) is 37.1. The Morgan fingerprint density at radius 1 is 0.557 bits per heavy atom. The topological polar surface area (TPSA) is 214 Å². The van der Waals surface area contributed by atoms with Gasteiger partial charge in [-0.25, -0.2) is 0 Å². The molecule has 0 bridgehead atoms. The molecule has 14 nitrogen and oxygen atoms in total. The fourth-order valence-corrected chi connectivity index (χ4v) is 7.04. The molecule has 2 saturated heterocycles. The van der Waals surface area contributed by atoms with Crippen molar-refractivity contribution in [3.63, 3.8) is 0 Å². The Morgan fingerprint density at radius 3 is 1.67 bits per heavy atom. The Kier molecular flexibility index (Phi) is 31.9. The van der Waals surface area contributed by atoms with Gasteiger partial charge in [-0.1, -0.05) is 133 Å². The Labute approximate surface area is 365 Å². The van der Waals surface area contributed by atoms with Crippen LogP contribution < -0.4 is 0 Å². The summed E-state index contributed by atoms with van der Waals surface area (Å²) < 4.78 is 34.0. The van der Waals surface area contributed by atoms with Gasteiger partial charge in [0.2, 0.25) is 0 Å². The van der Waals surface area contributed by atoms with Crippen LogP contribution in [0, 0.1) is 0 Å². The number of hydrogen-bond acceptors (Lipinski definition) is 14. The molecule has 2 rings (SSSR count). The zero-order chi connectivity index (χ0) is 44.5.